The zero-order valence-corrected chi connectivity index (χ0v) is 23.7. The number of rotatable bonds is 17. The Bertz CT molecular complexity index is 931. The fourth-order valence-electron chi connectivity index (χ4n) is 3.78. The number of ether oxygens (including phenoxy) is 3. The maximum absolute atomic E-state index is 12.6. The van der Waals surface area contributed by atoms with Crippen LogP contribution in [0, 0.1) is 11.8 Å². The molecular weight excluding hydrogens is 490 g/mol. The quantitative estimate of drug-likeness (QED) is 0.199. The van der Waals surface area contributed by atoms with Gasteiger partial charge in [0.1, 0.15) is 6.04 Å². The lowest BCUT2D eigenvalue weighted by atomic mass is 9.87. The van der Waals surface area contributed by atoms with E-state index in [2.05, 4.69) is 0 Å². The van der Waals surface area contributed by atoms with E-state index >= 15 is 0 Å². The highest BCUT2D eigenvalue weighted by Gasteiger charge is 2.30. The topological polar surface area (TPSA) is 142 Å². The van der Waals surface area contributed by atoms with E-state index in [0.717, 1.165) is 19.3 Å². The van der Waals surface area contributed by atoms with Gasteiger partial charge in [-0.05, 0) is 49.3 Å². The van der Waals surface area contributed by atoms with Gasteiger partial charge in [0.05, 0.1) is 6.10 Å². The molecule has 5 atom stereocenters. The smallest absolute Gasteiger partial charge is 0.321 e. The number of aliphatic carboxylic acids is 1. The molecule has 1 rings (SSSR count). The SMILES string of the molecule is CCCCC(=O)OC(C)CC(c1ccc(OC(=O)CC(C)CC)c(OC(=O)CC(C)CC)c1)[C@H](N)C(=O)O. The average Bonchev–Trinajstić information content (AvgIpc) is 2.86. The minimum absolute atomic E-state index is 0.0171. The van der Waals surface area contributed by atoms with Crippen LogP contribution in [0.15, 0.2) is 18.2 Å². The second kappa shape index (κ2) is 16.8. The molecule has 0 aliphatic carbocycles. The Morgan fingerprint density at radius 3 is 1.92 bits per heavy atom. The molecule has 0 saturated heterocycles. The van der Waals surface area contributed by atoms with E-state index in [1.807, 2.05) is 34.6 Å². The summed E-state index contributed by atoms with van der Waals surface area (Å²) in [6.07, 6.45) is 3.34. The minimum Gasteiger partial charge on any atom is -0.480 e. The number of esters is 3. The zero-order valence-electron chi connectivity index (χ0n) is 23.7. The van der Waals surface area contributed by atoms with Crippen molar-refractivity contribution in [2.24, 2.45) is 17.6 Å². The molecule has 0 amide bonds. The second-order valence-electron chi connectivity index (χ2n) is 10.2. The van der Waals surface area contributed by atoms with Gasteiger partial charge < -0.3 is 25.1 Å². The van der Waals surface area contributed by atoms with Crippen LogP contribution in [0.4, 0.5) is 0 Å². The molecule has 0 aliphatic heterocycles. The van der Waals surface area contributed by atoms with Crippen molar-refractivity contribution < 1.29 is 38.5 Å². The Labute approximate surface area is 226 Å². The molecule has 0 fully saturated rings. The fourth-order valence-corrected chi connectivity index (χ4v) is 3.78. The Balaban J connectivity index is 3.32. The Kier molecular flexibility index (Phi) is 14.6. The van der Waals surface area contributed by atoms with Gasteiger partial charge in [0.15, 0.2) is 11.5 Å². The lowest BCUT2D eigenvalue weighted by Gasteiger charge is -2.25. The minimum atomic E-state index is -1.31. The van der Waals surface area contributed by atoms with Crippen LogP contribution >= 0.6 is 0 Å². The number of nitrogens with two attached hydrogens (primary N) is 1. The van der Waals surface area contributed by atoms with Crippen molar-refractivity contribution in [2.75, 3.05) is 0 Å². The molecule has 1 aromatic rings. The Morgan fingerprint density at radius 2 is 1.42 bits per heavy atom. The summed E-state index contributed by atoms with van der Waals surface area (Å²) >= 11 is 0. The number of carbonyl (C=O) groups excluding carboxylic acids is 3. The molecule has 4 unspecified atom stereocenters. The predicted molar refractivity (Wildman–Crippen MR) is 144 cm³/mol. The van der Waals surface area contributed by atoms with Crippen molar-refractivity contribution in [3.8, 4) is 11.5 Å². The van der Waals surface area contributed by atoms with Gasteiger partial charge in [-0.2, -0.15) is 0 Å². The van der Waals surface area contributed by atoms with Gasteiger partial charge >= 0.3 is 23.9 Å². The van der Waals surface area contributed by atoms with Crippen LogP contribution in [-0.2, 0) is 23.9 Å². The third-order valence-electron chi connectivity index (χ3n) is 6.64. The van der Waals surface area contributed by atoms with Gasteiger partial charge in [-0.1, -0.05) is 59.9 Å². The third-order valence-corrected chi connectivity index (χ3v) is 6.64. The zero-order chi connectivity index (χ0) is 28.8. The van der Waals surface area contributed by atoms with E-state index < -0.39 is 36.0 Å². The molecule has 1 aromatic carbocycles. The van der Waals surface area contributed by atoms with Crippen LogP contribution < -0.4 is 15.2 Å². The van der Waals surface area contributed by atoms with Gasteiger partial charge in [0.25, 0.3) is 0 Å². The molecule has 9 nitrogen and oxygen atoms in total. The summed E-state index contributed by atoms with van der Waals surface area (Å²) in [4.78, 5) is 49.0. The number of carboxylic acid groups (broad SMARTS) is 1. The van der Waals surface area contributed by atoms with Gasteiger partial charge in [0.2, 0.25) is 0 Å². The first-order chi connectivity index (χ1) is 17.9. The van der Waals surface area contributed by atoms with E-state index in [0.29, 0.717) is 12.0 Å². The number of benzene rings is 1. The van der Waals surface area contributed by atoms with Crippen LogP contribution in [0.3, 0.4) is 0 Å². The standard InChI is InChI=1S/C29H45NO8/c1-7-10-11-25(31)36-20(6)16-22(28(30)29(34)35)21-12-13-23(37-26(32)14-18(4)8-2)24(17-21)38-27(33)15-19(5)9-3/h12-13,17-20,22,28H,7-11,14-16,30H2,1-6H3,(H,34,35)/t18?,19?,20?,22?,28-/m0/s1. The molecule has 0 bridgehead atoms. The Morgan fingerprint density at radius 1 is 0.868 bits per heavy atom. The summed E-state index contributed by atoms with van der Waals surface area (Å²) in [6.45, 7) is 11.5. The van der Waals surface area contributed by atoms with Crippen molar-refractivity contribution in [2.45, 2.75) is 111 Å². The summed E-state index contributed by atoms with van der Waals surface area (Å²) in [7, 11) is 0. The highest BCUT2D eigenvalue weighted by atomic mass is 16.6. The van der Waals surface area contributed by atoms with Crippen LogP contribution in [0.25, 0.3) is 0 Å². The van der Waals surface area contributed by atoms with Crippen LogP contribution in [-0.4, -0.2) is 41.1 Å². The highest BCUT2D eigenvalue weighted by Crippen LogP contribution is 2.35. The van der Waals surface area contributed by atoms with Crippen LogP contribution in [0.1, 0.15) is 104 Å². The lowest BCUT2D eigenvalue weighted by molar-refractivity contribution is -0.149. The van der Waals surface area contributed by atoms with Crippen molar-refractivity contribution in [3.63, 3.8) is 0 Å². The molecule has 9 heteroatoms. The predicted octanol–water partition coefficient (Wildman–Crippen LogP) is 5.38. The number of hydrogen-bond acceptors (Lipinski definition) is 8. The van der Waals surface area contributed by atoms with Gasteiger partial charge in [0, 0.05) is 25.2 Å². The Hall–Kier alpha value is -2.94. The molecule has 0 radical (unpaired) electrons. The van der Waals surface area contributed by atoms with Gasteiger partial charge in [-0.15, -0.1) is 0 Å². The normalized spacial score (nSPS) is 15.0. The second-order valence-corrected chi connectivity index (χ2v) is 10.2. The number of unbranched alkanes of at least 4 members (excludes halogenated alkanes) is 1. The summed E-state index contributed by atoms with van der Waals surface area (Å²) in [5.41, 5.74) is 6.51. The first kappa shape index (κ1) is 33.1. The van der Waals surface area contributed by atoms with Crippen LogP contribution in [0.2, 0.25) is 0 Å². The molecule has 3 N–H and O–H groups in total. The van der Waals surface area contributed by atoms with E-state index in [1.54, 1.807) is 13.0 Å². The molecule has 0 aliphatic rings. The van der Waals surface area contributed by atoms with E-state index in [9.17, 15) is 24.3 Å². The van der Waals surface area contributed by atoms with E-state index in [4.69, 9.17) is 19.9 Å². The van der Waals surface area contributed by atoms with Crippen molar-refractivity contribution in [1.29, 1.82) is 0 Å². The summed E-state index contributed by atoms with van der Waals surface area (Å²) in [6, 6.07) is 3.25. The molecule has 0 aromatic heterocycles. The maximum Gasteiger partial charge on any atom is 0.321 e. The number of carboxylic acids is 1. The molecule has 38 heavy (non-hydrogen) atoms. The average molecular weight is 536 g/mol. The largest absolute Gasteiger partial charge is 0.480 e. The van der Waals surface area contributed by atoms with E-state index in [1.165, 1.54) is 12.1 Å². The van der Waals surface area contributed by atoms with Crippen molar-refractivity contribution in [3.05, 3.63) is 23.8 Å². The molecule has 0 heterocycles. The fraction of sp³-hybridized carbons (Fsp3) is 0.655. The van der Waals surface area contributed by atoms with Gasteiger partial charge in [-0.25, -0.2) is 0 Å². The summed E-state index contributed by atoms with van der Waals surface area (Å²) in [5, 5.41) is 9.66. The summed E-state index contributed by atoms with van der Waals surface area (Å²) in [5.74, 6) is -2.99. The lowest BCUT2D eigenvalue weighted by Crippen LogP contribution is -2.38. The third kappa shape index (κ3) is 11.6. The monoisotopic (exact) mass is 535 g/mol. The first-order valence-corrected chi connectivity index (χ1v) is 13.6. The molecular formula is C29H45NO8. The molecule has 0 saturated carbocycles. The highest BCUT2D eigenvalue weighted by molar-refractivity contribution is 5.77. The van der Waals surface area contributed by atoms with Crippen molar-refractivity contribution >= 4 is 23.9 Å². The number of carbonyl (C=O) groups is 4. The van der Waals surface area contributed by atoms with E-state index in [-0.39, 0.29) is 55.0 Å². The first-order valence-electron chi connectivity index (χ1n) is 13.6. The maximum atomic E-state index is 12.6. The molecule has 0 spiro atoms. The summed E-state index contributed by atoms with van der Waals surface area (Å²) < 4.78 is 16.6. The van der Waals surface area contributed by atoms with Crippen molar-refractivity contribution in [1.82, 2.24) is 0 Å². The van der Waals surface area contributed by atoms with Gasteiger partial charge in [-0.3, -0.25) is 19.2 Å². The van der Waals surface area contributed by atoms with Crippen LogP contribution in [0.5, 0.6) is 11.5 Å². The number of hydrogen-bond donors (Lipinski definition) is 2. The molecule has 214 valence electrons.